The third kappa shape index (κ3) is 9.99. The molecule has 0 aliphatic carbocycles. The number of amides is 4. The van der Waals surface area contributed by atoms with Crippen LogP contribution in [0.1, 0.15) is 78.4 Å². The molecule has 0 aromatic heterocycles. The lowest BCUT2D eigenvalue weighted by Crippen LogP contribution is -2.56. The van der Waals surface area contributed by atoms with Crippen LogP contribution < -0.4 is 31.9 Å². The minimum atomic E-state index is -0.669. The zero-order chi connectivity index (χ0) is 43.5. The van der Waals surface area contributed by atoms with Gasteiger partial charge >= 0.3 is 0 Å². The molecule has 0 radical (unpaired) electrons. The molecular formula is C44H62N8O4S4. The molecule has 4 heterocycles. The summed E-state index contributed by atoms with van der Waals surface area (Å²) in [6, 6.07) is 13.0. The number of rotatable bonds is 13. The van der Waals surface area contributed by atoms with Crippen molar-refractivity contribution < 1.29 is 19.2 Å². The molecule has 2 aromatic carbocycles. The number of para-hydroxylation sites is 2. The smallest absolute Gasteiger partial charge is 0.247 e. The van der Waals surface area contributed by atoms with E-state index in [0.29, 0.717) is 59.9 Å². The van der Waals surface area contributed by atoms with Crippen LogP contribution in [0.2, 0.25) is 0 Å². The first-order valence-corrected chi connectivity index (χ1v) is 24.0. The van der Waals surface area contributed by atoms with E-state index in [9.17, 15) is 19.2 Å². The Labute approximate surface area is 375 Å². The summed E-state index contributed by atoms with van der Waals surface area (Å²) in [6.45, 7) is 12.2. The number of nitrogens with one attached hydrogen (secondary N) is 6. The molecule has 12 nitrogen and oxygen atoms in total. The summed E-state index contributed by atoms with van der Waals surface area (Å²) >= 11 is 14.7. The van der Waals surface area contributed by atoms with Crippen molar-refractivity contribution in [2.45, 2.75) is 127 Å². The molecule has 16 heteroatoms. The fraction of sp³-hybridized carbons (Fsp3) is 0.591. The Morgan fingerprint density at radius 3 is 1.42 bits per heavy atom. The van der Waals surface area contributed by atoms with Crippen LogP contribution in [0.5, 0.6) is 0 Å². The maximum atomic E-state index is 14.4. The van der Waals surface area contributed by atoms with E-state index >= 15 is 0 Å². The molecule has 8 atom stereocenters. The van der Waals surface area contributed by atoms with Gasteiger partial charge < -0.3 is 41.7 Å². The summed E-state index contributed by atoms with van der Waals surface area (Å²) < 4.78 is 0. The van der Waals surface area contributed by atoms with Crippen LogP contribution in [0.25, 0.3) is 0 Å². The number of hydrogen-bond acceptors (Lipinski definition) is 10. The molecule has 0 saturated carbocycles. The van der Waals surface area contributed by atoms with Crippen molar-refractivity contribution in [1.29, 1.82) is 0 Å². The number of fused-ring (bicyclic) bond motifs is 2. The number of carbonyl (C=O) groups is 4. The number of hydrogen-bond donors (Lipinski definition) is 6. The average molecular weight is 895 g/mol. The Morgan fingerprint density at radius 1 is 0.683 bits per heavy atom. The highest BCUT2D eigenvalue weighted by molar-refractivity contribution is 8.00. The zero-order valence-electron chi connectivity index (χ0n) is 36.1. The molecule has 0 spiro atoms. The van der Waals surface area contributed by atoms with Crippen LogP contribution >= 0.6 is 48.0 Å². The van der Waals surface area contributed by atoms with Gasteiger partial charge in [-0.25, -0.2) is 0 Å². The van der Waals surface area contributed by atoms with Crippen LogP contribution in [0.4, 0.5) is 11.4 Å². The van der Waals surface area contributed by atoms with Gasteiger partial charge in [-0.15, -0.1) is 23.5 Å². The van der Waals surface area contributed by atoms with E-state index in [2.05, 4.69) is 59.6 Å². The minimum absolute atomic E-state index is 0.0851. The molecule has 60 heavy (non-hydrogen) atoms. The quantitative estimate of drug-likeness (QED) is 0.145. The summed E-state index contributed by atoms with van der Waals surface area (Å²) in [7, 11) is 3.67. The normalized spacial score (nSPS) is 26.8. The molecule has 4 aliphatic heterocycles. The maximum Gasteiger partial charge on any atom is 0.247 e. The predicted octanol–water partition coefficient (Wildman–Crippen LogP) is 5.32. The van der Waals surface area contributed by atoms with Gasteiger partial charge in [0.1, 0.15) is 24.2 Å². The first-order valence-electron chi connectivity index (χ1n) is 21.1. The van der Waals surface area contributed by atoms with Crippen LogP contribution in [-0.2, 0) is 32.0 Å². The molecule has 6 N–H and O–H groups in total. The Kier molecular flexibility index (Phi) is 15.0. The van der Waals surface area contributed by atoms with E-state index < -0.39 is 35.0 Å². The van der Waals surface area contributed by atoms with Crippen LogP contribution in [-0.4, -0.2) is 116 Å². The van der Waals surface area contributed by atoms with Crippen molar-refractivity contribution in [3.05, 3.63) is 59.7 Å². The molecular weight excluding hydrogens is 833 g/mol. The summed E-state index contributed by atoms with van der Waals surface area (Å²) in [4.78, 5) is 62.0. The highest BCUT2D eigenvalue weighted by Gasteiger charge is 2.56. The second kappa shape index (κ2) is 19.4. The Hall–Kier alpha value is -3.28. The minimum Gasteiger partial charge on any atom is -0.367 e. The third-order valence-corrected chi connectivity index (χ3v) is 16.0. The van der Waals surface area contributed by atoms with Crippen LogP contribution in [0.3, 0.4) is 0 Å². The standard InChI is InChI=1S/C44H62N8O4S4/c1-25(45-7)39(57)49-31-19-21-59-33-23-43(3,4)35(51(33)41(31)55)37(53)47-29-15-11-9-13-27(29)17-18-28-14-10-12-16-30(28)48-38(54)36-44(5,6)24-34-52(36)42(56)32(20-22-60-34)50-40(58)26(2)46-8/h9-16,25-26,31-36,45-46H,17-24H2,1-8H3,(H,47,53)(H,48,54)(H,49,57)(H,50,58)/t25-,26-,31-,32-,33?,34?,35-,36+/m0/s1. The number of benzene rings is 2. The summed E-state index contributed by atoms with van der Waals surface area (Å²) in [5.41, 5.74) is 2.36. The van der Waals surface area contributed by atoms with Gasteiger partial charge in [0.05, 0.1) is 32.8 Å². The predicted molar refractivity (Wildman–Crippen MR) is 253 cm³/mol. The average Bonchev–Trinajstić information content (AvgIpc) is 3.53. The monoisotopic (exact) mass is 894 g/mol. The Balaban J connectivity index is 1.16. The largest absolute Gasteiger partial charge is 0.367 e. The van der Waals surface area contributed by atoms with Crippen molar-refractivity contribution in [1.82, 2.24) is 31.1 Å². The number of thiocarbonyl (C=S) groups is 2. The summed E-state index contributed by atoms with van der Waals surface area (Å²) in [5.74, 6) is 0.964. The van der Waals surface area contributed by atoms with E-state index in [4.69, 9.17) is 24.4 Å². The number of carbonyl (C=O) groups excluding carboxylic acids is 4. The maximum absolute atomic E-state index is 14.4. The SMILES string of the molecule is CN[C@@H](C)C(=S)N[C@H]1CCSC2CC(C)(C)[C@H](C(=O)Nc3ccccc3CCc3ccccc3NC(=O)[C@H]3N4C(=O)[C@@H](NC(=S)[C@H](C)NC)CCSC4CC3(C)C)N2C1=O. The van der Waals surface area contributed by atoms with E-state index in [1.165, 1.54) is 0 Å². The van der Waals surface area contributed by atoms with Crippen LogP contribution in [0, 0.1) is 10.8 Å². The first-order chi connectivity index (χ1) is 28.5. The summed E-state index contributed by atoms with van der Waals surface area (Å²) in [5, 5.41) is 19.1. The van der Waals surface area contributed by atoms with Crippen molar-refractivity contribution in [2.75, 3.05) is 36.2 Å². The zero-order valence-corrected chi connectivity index (χ0v) is 39.3. The first kappa shape index (κ1) is 46.2. The number of aryl methyl sites for hydroxylation is 2. The van der Waals surface area contributed by atoms with Crippen molar-refractivity contribution in [2.24, 2.45) is 10.8 Å². The molecule has 4 fully saturated rings. The second-order valence-electron chi connectivity index (χ2n) is 17.8. The number of nitrogens with zero attached hydrogens (tertiary/aromatic N) is 2. The molecule has 4 amide bonds. The molecule has 0 bridgehead atoms. The number of anilines is 2. The topological polar surface area (TPSA) is 147 Å². The van der Waals surface area contributed by atoms with E-state index in [-0.39, 0.29) is 46.5 Å². The van der Waals surface area contributed by atoms with Gasteiger partial charge in [-0.2, -0.15) is 0 Å². The van der Waals surface area contributed by atoms with Gasteiger partial charge in [-0.05, 0) is 112 Å². The van der Waals surface area contributed by atoms with Crippen molar-refractivity contribution >= 4 is 92.9 Å². The Morgan fingerprint density at radius 2 is 1.05 bits per heavy atom. The molecule has 4 aliphatic rings. The molecule has 2 unspecified atom stereocenters. The van der Waals surface area contributed by atoms with Gasteiger partial charge in [0, 0.05) is 11.4 Å². The highest BCUT2D eigenvalue weighted by Crippen LogP contribution is 2.48. The number of thioether (sulfide) groups is 2. The summed E-state index contributed by atoms with van der Waals surface area (Å²) in [6.07, 6.45) is 3.85. The van der Waals surface area contributed by atoms with Gasteiger partial charge in [-0.1, -0.05) is 88.5 Å². The molecule has 2 aromatic rings. The van der Waals surface area contributed by atoms with Gasteiger partial charge in [0.2, 0.25) is 23.6 Å². The third-order valence-electron chi connectivity index (χ3n) is 12.6. The van der Waals surface area contributed by atoms with E-state index in [0.717, 1.165) is 22.6 Å². The lowest BCUT2D eigenvalue weighted by atomic mass is 9.84. The fourth-order valence-electron chi connectivity index (χ4n) is 8.95. The van der Waals surface area contributed by atoms with Crippen molar-refractivity contribution in [3.63, 3.8) is 0 Å². The van der Waals surface area contributed by atoms with Gasteiger partial charge in [0.25, 0.3) is 0 Å². The van der Waals surface area contributed by atoms with Gasteiger partial charge in [-0.3, -0.25) is 19.2 Å². The van der Waals surface area contributed by atoms with Crippen molar-refractivity contribution in [3.8, 4) is 0 Å². The number of likely N-dealkylation sites (N-methyl/N-ethyl adjacent to an activating group) is 2. The van der Waals surface area contributed by atoms with E-state index in [1.807, 2.05) is 76.5 Å². The van der Waals surface area contributed by atoms with Gasteiger partial charge in [0.15, 0.2) is 0 Å². The molecule has 4 saturated heterocycles. The lowest BCUT2D eigenvalue weighted by molar-refractivity contribution is -0.140. The highest BCUT2D eigenvalue weighted by atomic mass is 32.2. The Bertz CT molecular complexity index is 1830. The molecule has 326 valence electrons. The fourth-order valence-corrected chi connectivity index (χ4v) is 12.6. The second-order valence-corrected chi connectivity index (χ2v) is 21.3. The van der Waals surface area contributed by atoms with E-state index in [1.54, 1.807) is 33.3 Å². The van der Waals surface area contributed by atoms with Crippen LogP contribution in [0.15, 0.2) is 48.5 Å². The lowest BCUT2D eigenvalue weighted by Gasteiger charge is -2.34. The molecule has 6 rings (SSSR count).